The Bertz CT molecular complexity index is 970. The topological polar surface area (TPSA) is 84.9 Å². The molecule has 0 aromatic heterocycles. The van der Waals surface area contributed by atoms with Gasteiger partial charge < -0.3 is 19.7 Å². The van der Waals surface area contributed by atoms with Crippen molar-refractivity contribution in [2.24, 2.45) is 0 Å². The molecule has 154 valence electrons. The molecule has 2 heterocycles. The number of ether oxygens (including phenoxy) is 2. The van der Waals surface area contributed by atoms with Crippen LogP contribution >= 0.6 is 0 Å². The van der Waals surface area contributed by atoms with Gasteiger partial charge in [0.15, 0.2) is 21.3 Å². The van der Waals surface area contributed by atoms with E-state index in [-0.39, 0.29) is 18.6 Å². The van der Waals surface area contributed by atoms with Crippen LogP contribution < -0.4 is 14.8 Å². The predicted octanol–water partition coefficient (Wildman–Crippen LogP) is 2.70. The van der Waals surface area contributed by atoms with Gasteiger partial charge in [-0.3, -0.25) is 0 Å². The number of nitrogens with zero attached hydrogens (tertiary/aromatic N) is 1. The first kappa shape index (κ1) is 19.6. The molecule has 0 bridgehead atoms. The van der Waals surface area contributed by atoms with Crippen LogP contribution in [0, 0.1) is 0 Å². The number of carbonyl (C=O) groups excluding carboxylic acids is 1. The van der Waals surface area contributed by atoms with Crippen LogP contribution in [0.5, 0.6) is 11.5 Å². The summed E-state index contributed by atoms with van der Waals surface area (Å²) in [6.45, 7) is 1.46. The zero-order chi connectivity index (χ0) is 20.3. The van der Waals surface area contributed by atoms with Crippen LogP contribution in [0.2, 0.25) is 0 Å². The van der Waals surface area contributed by atoms with Crippen molar-refractivity contribution < 1.29 is 22.7 Å². The number of amides is 2. The molecule has 2 aliphatic heterocycles. The Kier molecular flexibility index (Phi) is 5.62. The number of benzene rings is 2. The fraction of sp³-hybridized carbons (Fsp3) is 0.381. The van der Waals surface area contributed by atoms with Gasteiger partial charge in [-0.25, -0.2) is 13.2 Å². The Morgan fingerprint density at radius 3 is 2.48 bits per heavy atom. The van der Waals surface area contributed by atoms with E-state index in [9.17, 15) is 13.2 Å². The van der Waals surface area contributed by atoms with Crippen molar-refractivity contribution in [1.82, 2.24) is 10.2 Å². The Hall–Kier alpha value is -2.74. The van der Waals surface area contributed by atoms with Gasteiger partial charge in [-0.1, -0.05) is 36.4 Å². The van der Waals surface area contributed by atoms with Gasteiger partial charge in [-0.15, -0.1) is 0 Å². The summed E-state index contributed by atoms with van der Waals surface area (Å²) in [6, 6.07) is 14.6. The SMILES string of the molecule is O=C(NCc1ccc2c(c1)OCO2)N1CCC(S(=O)(=O)Cc2ccccc2)CC1. The van der Waals surface area contributed by atoms with Crippen molar-refractivity contribution in [3.05, 3.63) is 59.7 Å². The van der Waals surface area contributed by atoms with E-state index < -0.39 is 15.1 Å². The molecule has 8 heteroatoms. The second-order valence-corrected chi connectivity index (χ2v) is 9.61. The fourth-order valence-electron chi connectivity index (χ4n) is 3.68. The third-order valence-corrected chi connectivity index (χ3v) is 7.55. The highest BCUT2D eigenvalue weighted by molar-refractivity contribution is 7.91. The van der Waals surface area contributed by atoms with Gasteiger partial charge in [-0.05, 0) is 36.1 Å². The maximum Gasteiger partial charge on any atom is 0.317 e. The number of hydrogen-bond acceptors (Lipinski definition) is 5. The van der Waals surface area contributed by atoms with Crippen molar-refractivity contribution in [1.29, 1.82) is 0 Å². The van der Waals surface area contributed by atoms with E-state index in [1.807, 2.05) is 48.5 Å². The molecule has 4 rings (SSSR count). The maximum absolute atomic E-state index is 12.7. The van der Waals surface area contributed by atoms with E-state index in [1.54, 1.807) is 4.90 Å². The highest BCUT2D eigenvalue weighted by Gasteiger charge is 2.31. The van der Waals surface area contributed by atoms with Crippen molar-refractivity contribution in [2.75, 3.05) is 19.9 Å². The molecule has 0 radical (unpaired) electrons. The molecular weight excluding hydrogens is 392 g/mol. The monoisotopic (exact) mass is 416 g/mol. The standard InChI is InChI=1S/C21H24N2O5S/c24-21(22-13-17-6-7-19-20(12-17)28-15-27-19)23-10-8-18(9-11-23)29(25,26)14-16-4-2-1-3-5-16/h1-7,12,18H,8-11,13-15H2,(H,22,24). The van der Waals surface area contributed by atoms with Gasteiger partial charge in [-0.2, -0.15) is 0 Å². The Morgan fingerprint density at radius 2 is 1.72 bits per heavy atom. The molecule has 29 heavy (non-hydrogen) atoms. The van der Waals surface area contributed by atoms with Gasteiger partial charge in [0.1, 0.15) is 0 Å². The minimum atomic E-state index is -3.23. The number of piperidine rings is 1. The second-order valence-electron chi connectivity index (χ2n) is 7.33. The lowest BCUT2D eigenvalue weighted by Crippen LogP contribution is -2.46. The molecule has 1 saturated heterocycles. The molecular formula is C21H24N2O5S. The van der Waals surface area contributed by atoms with E-state index in [0.717, 1.165) is 11.1 Å². The molecule has 7 nitrogen and oxygen atoms in total. The molecule has 0 saturated carbocycles. The summed E-state index contributed by atoms with van der Waals surface area (Å²) in [4.78, 5) is 14.1. The van der Waals surface area contributed by atoms with Crippen LogP contribution in [0.25, 0.3) is 0 Å². The second kappa shape index (κ2) is 8.32. The number of carbonyl (C=O) groups is 1. The van der Waals surface area contributed by atoms with Gasteiger partial charge in [0.2, 0.25) is 6.79 Å². The molecule has 1 N–H and O–H groups in total. The van der Waals surface area contributed by atoms with Crippen LogP contribution in [0.4, 0.5) is 4.79 Å². The molecule has 2 amide bonds. The van der Waals surface area contributed by atoms with Gasteiger partial charge >= 0.3 is 6.03 Å². The van der Waals surface area contributed by atoms with E-state index in [1.165, 1.54) is 0 Å². The molecule has 2 aromatic carbocycles. The zero-order valence-corrected chi connectivity index (χ0v) is 16.9. The van der Waals surface area contributed by atoms with Crippen molar-refractivity contribution in [3.8, 4) is 11.5 Å². The fourth-order valence-corrected chi connectivity index (χ4v) is 5.50. The first-order valence-electron chi connectivity index (χ1n) is 9.68. The van der Waals surface area contributed by atoms with Crippen molar-refractivity contribution in [2.45, 2.75) is 30.4 Å². The van der Waals surface area contributed by atoms with E-state index in [0.29, 0.717) is 44.0 Å². The highest BCUT2D eigenvalue weighted by Crippen LogP contribution is 2.32. The smallest absolute Gasteiger partial charge is 0.317 e. The van der Waals surface area contributed by atoms with Crippen LogP contribution in [0.1, 0.15) is 24.0 Å². The van der Waals surface area contributed by atoms with Gasteiger partial charge in [0.25, 0.3) is 0 Å². The minimum Gasteiger partial charge on any atom is -0.454 e. The molecule has 0 aliphatic carbocycles. The Morgan fingerprint density at radius 1 is 1.00 bits per heavy atom. The summed E-state index contributed by atoms with van der Waals surface area (Å²) in [5, 5.41) is 2.49. The first-order valence-corrected chi connectivity index (χ1v) is 11.4. The summed E-state index contributed by atoms with van der Waals surface area (Å²) in [7, 11) is -3.23. The lowest BCUT2D eigenvalue weighted by Gasteiger charge is -2.31. The zero-order valence-electron chi connectivity index (χ0n) is 16.0. The number of nitrogens with one attached hydrogen (secondary N) is 1. The van der Waals surface area contributed by atoms with E-state index in [2.05, 4.69) is 5.32 Å². The summed E-state index contributed by atoms with van der Waals surface area (Å²) in [5.74, 6) is 1.44. The molecule has 0 spiro atoms. The lowest BCUT2D eigenvalue weighted by atomic mass is 10.1. The van der Waals surface area contributed by atoms with Crippen LogP contribution in [0.3, 0.4) is 0 Å². The molecule has 2 aliphatic rings. The number of fused-ring (bicyclic) bond motifs is 1. The van der Waals surface area contributed by atoms with E-state index in [4.69, 9.17) is 9.47 Å². The number of likely N-dealkylation sites (tertiary alicyclic amines) is 1. The summed E-state index contributed by atoms with van der Waals surface area (Å²) < 4.78 is 36.0. The largest absolute Gasteiger partial charge is 0.454 e. The third kappa shape index (κ3) is 4.64. The lowest BCUT2D eigenvalue weighted by molar-refractivity contribution is 0.174. The highest BCUT2D eigenvalue weighted by atomic mass is 32.2. The van der Waals surface area contributed by atoms with Crippen LogP contribution in [0.15, 0.2) is 48.5 Å². The molecule has 0 unspecified atom stereocenters. The van der Waals surface area contributed by atoms with Crippen LogP contribution in [-0.2, 0) is 22.1 Å². The summed E-state index contributed by atoms with van der Waals surface area (Å²) >= 11 is 0. The third-order valence-electron chi connectivity index (χ3n) is 5.33. The maximum atomic E-state index is 12.7. The van der Waals surface area contributed by atoms with Crippen LogP contribution in [-0.4, -0.2) is 44.5 Å². The first-order chi connectivity index (χ1) is 14.0. The summed E-state index contributed by atoms with van der Waals surface area (Å²) in [6.07, 6.45) is 0.930. The number of urea groups is 1. The Balaban J connectivity index is 1.27. The normalized spacial score (nSPS) is 16.6. The van der Waals surface area contributed by atoms with Crippen molar-refractivity contribution >= 4 is 15.9 Å². The average molecular weight is 416 g/mol. The molecule has 2 aromatic rings. The number of sulfone groups is 1. The van der Waals surface area contributed by atoms with Crippen molar-refractivity contribution in [3.63, 3.8) is 0 Å². The average Bonchev–Trinajstić information content (AvgIpc) is 3.20. The van der Waals surface area contributed by atoms with Gasteiger partial charge in [0, 0.05) is 19.6 Å². The number of hydrogen-bond donors (Lipinski definition) is 1. The number of rotatable bonds is 5. The Labute approximate surface area is 170 Å². The quantitative estimate of drug-likeness (QED) is 0.810. The minimum absolute atomic E-state index is 0.0504. The predicted molar refractivity (Wildman–Crippen MR) is 108 cm³/mol. The molecule has 1 fully saturated rings. The van der Waals surface area contributed by atoms with E-state index >= 15 is 0 Å². The summed E-state index contributed by atoms with van der Waals surface area (Å²) in [5.41, 5.74) is 1.72. The van der Waals surface area contributed by atoms with Gasteiger partial charge in [0.05, 0.1) is 11.0 Å². The molecule has 0 atom stereocenters.